The molecule has 0 unspecified atom stereocenters. The van der Waals surface area contributed by atoms with Gasteiger partial charge in [0.25, 0.3) is 0 Å². The first-order valence-electron chi connectivity index (χ1n) is 5.44. The third kappa shape index (κ3) is 2.88. The molecule has 2 rings (SSSR count). The number of rotatable bonds is 1. The fourth-order valence-electron chi connectivity index (χ4n) is 1.83. The molecule has 0 saturated heterocycles. The van der Waals surface area contributed by atoms with Crippen molar-refractivity contribution >= 4 is 27.5 Å². The smallest absolute Gasteiger partial charge is 0.166 e. The summed E-state index contributed by atoms with van der Waals surface area (Å²) >= 11 is 3.50. The van der Waals surface area contributed by atoms with Crippen molar-refractivity contribution < 1.29 is 0 Å². The van der Waals surface area contributed by atoms with Gasteiger partial charge in [-0.15, -0.1) is 0 Å². The molecule has 80 valence electrons. The Balaban J connectivity index is 2.22. The first-order valence-corrected chi connectivity index (χ1v) is 6.23. The summed E-state index contributed by atoms with van der Waals surface area (Å²) in [5.74, 6) is 0.831. The Labute approximate surface area is 99.0 Å². The lowest BCUT2D eigenvalue weighted by molar-refractivity contribution is 0.666. The van der Waals surface area contributed by atoms with Crippen LogP contribution < -0.4 is 0 Å². The number of nitrogens with zero attached hydrogens (tertiary/aromatic N) is 2. The van der Waals surface area contributed by atoms with Crippen LogP contribution in [0.1, 0.15) is 37.7 Å². The summed E-state index contributed by atoms with van der Waals surface area (Å²) in [6.07, 6.45) is 8.06. The van der Waals surface area contributed by atoms with E-state index in [4.69, 9.17) is 0 Å². The molecule has 0 aromatic carbocycles. The maximum absolute atomic E-state index is 4.62. The number of aromatic nitrogens is 1. The van der Waals surface area contributed by atoms with Gasteiger partial charge in [0.1, 0.15) is 0 Å². The molecule has 15 heavy (non-hydrogen) atoms. The molecule has 0 atom stereocenters. The minimum absolute atomic E-state index is 0.831. The minimum atomic E-state index is 0.831. The average Bonchev–Trinajstić information content (AvgIpc) is 2.24. The van der Waals surface area contributed by atoms with E-state index in [1.54, 1.807) is 0 Å². The SMILES string of the molecule is Cc1cnc(N=C2CCCCC2)c(Br)c1. The molecule has 0 radical (unpaired) electrons. The average molecular weight is 267 g/mol. The Morgan fingerprint density at radius 3 is 2.67 bits per heavy atom. The van der Waals surface area contributed by atoms with E-state index in [1.165, 1.54) is 25.0 Å². The molecule has 3 heteroatoms. The maximum Gasteiger partial charge on any atom is 0.166 e. The van der Waals surface area contributed by atoms with E-state index < -0.39 is 0 Å². The van der Waals surface area contributed by atoms with Crippen molar-refractivity contribution in [3.05, 3.63) is 22.3 Å². The first kappa shape index (κ1) is 10.8. The molecule has 1 aromatic rings. The van der Waals surface area contributed by atoms with E-state index in [0.717, 1.165) is 28.7 Å². The van der Waals surface area contributed by atoms with Gasteiger partial charge >= 0.3 is 0 Å². The molecule has 2 nitrogen and oxygen atoms in total. The van der Waals surface area contributed by atoms with Crippen LogP contribution >= 0.6 is 15.9 Å². The zero-order valence-corrected chi connectivity index (χ0v) is 10.5. The van der Waals surface area contributed by atoms with Gasteiger partial charge in [-0.3, -0.25) is 0 Å². The maximum atomic E-state index is 4.62. The lowest BCUT2D eigenvalue weighted by Crippen LogP contribution is -2.04. The fraction of sp³-hybridized carbons (Fsp3) is 0.500. The summed E-state index contributed by atoms with van der Waals surface area (Å²) in [5.41, 5.74) is 2.47. The summed E-state index contributed by atoms with van der Waals surface area (Å²) in [4.78, 5) is 8.95. The number of pyridine rings is 1. The topological polar surface area (TPSA) is 25.2 Å². The van der Waals surface area contributed by atoms with Crippen molar-refractivity contribution in [2.75, 3.05) is 0 Å². The van der Waals surface area contributed by atoms with Crippen LogP contribution in [0.15, 0.2) is 21.7 Å². The van der Waals surface area contributed by atoms with E-state index in [0.29, 0.717) is 0 Å². The van der Waals surface area contributed by atoms with Crippen LogP contribution in [-0.2, 0) is 0 Å². The van der Waals surface area contributed by atoms with Crippen LogP contribution in [0.3, 0.4) is 0 Å². The molecule has 1 aliphatic carbocycles. The monoisotopic (exact) mass is 266 g/mol. The van der Waals surface area contributed by atoms with Gasteiger partial charge in [0.2, 0.25) is 0 Å². The number of aliphatic imine (C=N–C) groups is 1. The molecular formula is C12H15BrN2. The molecular weight excluding hydrogens is 252 g/mol. The molecule has 1 saturated carbocycles. The molecule has 1 heterocycles. The second kappa shape index (κ2) is 4.88. The van der Waals surface area contributed by atoms with Crippen LogP contribution in [-0.4, -0.2) is 10.7 Å². The summed E-state index contributed by atoms with van der Waals surface area (Å²) in [5, 5.41) is 0. The molecule has 1 aromatic heterocycles. The highest BCUT2D eigenvalue weighted by atomic mass is 79.9. The van der Waals surface area contributed by atoms with Gasteiger partial charge in [-0.25, -0.2) is 9.98 Å². The first-order chi connectivity index (χ1) is 7.25. The Kier molecular flexibility index (Phi) is 3.52. The molecule has 0 bridgehead atoms. The lowest BCUT2D eigenvalue weighted by atomic mass is 9.98. The van der Waals surface area contributed by atoms with E-state index in [2.05, 4.69) is 32.0 Å². The zero-order valence-electron chi connectivity index (χ0n) is 8.96. The predicted octanol–water partition coefficient (Wildman–Crippen LogP) is 4.19. The van der Waals surface area contributed by atoms with Crippen molar-refractivity contribution in [3.63, 3.8) is 0 Å². The quantitative estimate of drug-likeness (QED) is 0.749. The Hall–Kier alpha value is -0.700. The van der Waals surface area contributed by atoms with Crippen molar-refractivity contribution in [3.8, 4) is 0 Å². The Morgan fingerprint density at radius 1 is 1.27 bits per heavy atom. The summed E-state index contributed by atoms with van der Waals surface area (Å²) in [6, 6.07) is 2.06. The predicted molar refractivity (Wildman–Crippen MR) is 66.9 cm³/mol. The van der Waals surface area contributed by atoms with E-state index in [9.17, 15) is 0 Å². The highest BCUT2D eigenvalue weighted by Gasteiger charge is 2.08. The highest BCUT2D eigenvalue weighted by Crippen LogP contribution is 2.25. The zero-order chi connectivity index (χ0) is 10.7. The van der Waals surface area contributed by atoms with Crippen molar-refractivity contribution in [2.45, 2.75) is 39.0 Å². The minimum Gasteiger partial charge on any atom is -0.237 e. The molecule has 0 spiro atoms. The number of hydrogen-bond acceptors (Lipinski definition) is 2. The third-order valence-corrected chi connectivity index (χ3v) is 3.24. The van der Waals surface area contributed by atoms with Crippen molar-refractivity contribution in [2.24, 2.45) is 4.99 Å². The van der Waals surface area contributed by atoms with Crippen LogP contribution in [0.5, 0.6) is 0 Å². The van der Waals surface area contributed by atoms with E-state index in [1.807, 2.05) is 13.1 Å². The Morgan fingerprint density at radius 2 is 2.00 bits per heavy atom. The molecule has 1 fully saturated rings. The fourth-order valence-corrected chi connectivity index (χ4v) is 2.38. The van der Waals surface area contributed by atoms with Gasteiger partial charge in [0, 0.05) is 11.9 Å². The number of halogens is 1. The number of hydrogen-bond donors (Lipinski definition) is 0. The van der Waals surface area contributed by atoms with Gasteiger partial charge in [0.15, 0.2) is 5.82 Å². The standard InChI is InChI=1S/C12H15BrN2/c1-9-7-11(13)12(14-8-9)15-10-5-3-2-4-6-10/h7-8H,2-6H2,1H3. The molecule has 0 N–H and O–H groups in total. The van der Waals surface area contributed by atoms with E-state index >= 15 is 0 Å². The van der Waals surface area contributed by atoms with Gasteiger partial charge in [-0.2, -0.15) is 0 Å². The molecule has 1 aliphatic rings. The second-order valence-electron chi connectivity index (χ2n) is 4.06. The third-order valence-electron chi connectivity index (χ3n) is 2.65. The number of aryl methyl sites for hydroxylation is 1. The van der Waals surface area contributed by atoms with Crippen LogP contribution in [0.25, 0.3) is 0 Å². The summed E-state index contributed by atoms with van der Waals surface area (Å²) in [6.45, 7) is 2.04. The second-order valence-corrected chi connectivity index (χ2v) is 4.91. The van der Waals surface area contributed by atoms with Crippen LogP contribution in [0, 0.1) is 6.92 Å². The lowest BCUT2D eigenvalue weighted by Gasteiger charge is -2.12. The van der Waals surface area contributed by atoms with Crippen molar-refractivity contribution in [1.82, 2.24) is 4.98 Å². The normalized spacial score (nSPS) is 16.5. The largest absolute Gasteiger partial charge is 0.237 e. The Bertz CT molecular complexity index is 377. The van der Waals surface area contributed by atoms with Crippen LogP contribution in [0.2, 0.25) is 0 Å². The van der Waals surface area contributed by atoms with Gasteiger partial charge in [-0.1, -0.05) is 6.42 Å². The summed E-state index contributed by atoms with van der Waals surface area (Å²) < 4.78 is 1.00. The molecule has 0 amide bonds. The summed E-state index contributed by atoms with van der Waals surface area (Å²) in [7, 11) is 0. The van der Waals surface area contributed by atoms with Gasteiger partial charge in [0.05, 0.1) is 4.47 Å². The highest BCUT2D eigenvalue weighted by molar-refractivity contribution is 9.10. The van der Waals surface area contributed by atoms with E-state index in [-0.39, 0.29) is 0 Å². The van der Waals surface area contributed by atoms with Gasteiger partial charge < -0.3 is 0 Å². The van der Waals surface area contributed by atoms with Crippen LogP contribution in [0.4, 0.5) is 5.82 Å². The van der Waals surface area contributed by atoms with Crippen molar-refractivity contribution in [1.29, 1.82) is 0 Å². The molecule has 0 aliphatic heterocycles. The van der Waals surface area contributed by atoms with Gasteiger partial charge in [-0.05, 0) is 60.2 Å².